The first kappa shape index (κ1) is 23.9. The number of aromatic nitrogens is 3. The smallest absolute Gasteiger partial charge is 0.337 e. The Morgan fingerprint density at radius 2 is 1.58 bits per heavy atom. The number of pyridine rings is 1. The molecule has 0 aliphatic heterocycles. The molecule has 0 N–H and O–H groups in total. The molecule has 1 saturated carbocycles. The van der Waals surface area contributed by atoms with Crippen molar-refractivity contribution in [1.82, 2.24) is 13.7 Å². The van der Waals surface area contributed by atoms with Gasteiger partial charge in [0.1, 0.15) is 16.9 Å². The van der Waals surface area contributed by atoms with Gasteiger partial charge in [-0.1, -0.05) is 23.8 Å². The van der Waals surface area contributed by atoms with Crippen LogP contribution in [0.4, 0.5) is 4.39 Å². The number of hydrogen-bond acceptors (Lipinski definition) is 5. The molecule has 1 atom stereocenters. The summed E-state index contributed by atoms with van der Waals surface area (Å²) in [4.78, 5) is 40.9. The molecule has 1 aliphatic rings. The highest BCUT2D eigenvalue weighted by Crippen LogP contribution is 2.34. The van der Waals surface area contributed by atoms with Gasteiger partial charge in [0.15, 0.2) is 5.75 Å². The summed E-state index contributed by atoms with van der Waals surface area (Å²) in [5, 5.41) is -0.110. The summed E-state index contributed by atoms with van der Waals surface area (Å²) in [6, 6.07) is 10.8. The van der Waals surface area contributed by atoms with Crippen molar-refractivity contribution in [2.45, 2.75) is 44.6 Å². The molecule has 0 amide bonds. The van der Waals surface area contributed by atoms with Crippen molar-refractivity contribution in [3.63, 3.8) is 0 Å². The third-order valence-electron chi connectivity index (χ3n) is 6.40. The molecule has 0 spiro atoms. The standard InChI is InChI=1S/C26H24FN3O5S/c1-14-5-10-18(11-6-14)36(34)35-22-16(3)24(31)28(4)23-21(22)25(32)29(17-8-9-17)26(33)30(23)20-12-7-15(2)13-19(20)27/h5-7,10-13,17H,8-9H2,1-4H3. The third-order valence-corrected chi connectivity index (χ3v) is 7.38. The van der Waals surface area contributed by atoms with E-state index in [9.17, 15) is 18.6 Å². The number of fused-ring (bicyclic) bond motifs is 1. The summed E-state index contributed by atoms with van der Waals surface area (Å²) >= 11 is -2.06. The summed E-state index contributed by atoms with van der Waals surface area (Å²) in [5.74, 6) is -0.870. The van der Waals surface area contributed by atoms with Gasteiger partial charge in [0.25, 0.3) is 11.1 Å². The summed E-state index contributed by atoms with van der Waals surface area (Å²) < 4.78 is 37.3. The number of halogens is 1. The van der Waals surface area contributed by atoms with Gasteiger partial charge < -0.3 is 4.18 Å². The van der Waals surface area contributed by atoms with Gasteiger partial charge in [-0.05, 0) is 63.4 Å². The molecule has 2 aromatic carbocycles. The van der Waals surface area contributed by atoms with Crippen molar-refractivity contribution in [1.29, 1.82) is 0 Å². The number of rotatable bonds is 5. The number of hydrogen-bond donors (Lipinski definition) is 0. The highest BCUT2D eigenvalue weighted by molar-refractivity contribution is 7.80. The Balaban J connectivity index is 1.89. The Kier molecular flexibility index (Phi) is 5.78. The van der Waals surface area contributed by atoms with Gasteiger partial charge in [-0.2, -0.15) is 0 Å². The monoisotopic (exact) mass is 509 g/mol. The molecular weight excluding hydrogens is 485 g/mol. The molecule has 0 radical (unpaired) electrons. The molecule has 2 heterocycles. The molecule has 36 heavy (non-hydrogen) atoms. The van der Waals surface area contributed by atoms with Gasteiger partial charge in [0.2, 0.25) is 11.1 Å². The van der Waals surface area contributed by atoms with Gasteiger partial charge in [0.05, 0.1) is 16.1 Å². The zero-order valence-electron chi connectivity index (χ0n) is 20.2. The van der Waals surface area contributed by atoms with Crippen LogP contribution in [0.25, 0.3) is 16.7 Å². The lowest BCUT2D eigenvalue weighted by molar-refractivity contribution is 0.555. The molecule has 4 aromatic rings. The SMILES string of the molecule is Cc1ccc(S(=O)Oc2c(C)c(=O)n(C)c3c2c(=O)n(C2CC2)c(=O)n3-c2ccc(C)cc2F)cc1. The summed E-state index contributed by atoms with van der Waals surface area (Å²) in [5.41, 5.74) is -0.556. The second-order valence-corrected chi connectivity index (χ2v) is 10.2. The quantitative estimate of drug-likeness (QED) is 0.412. The molecular formula is C26H24FN3O5S. The van der Waals surface area contributed by atoms with Crippen LogP contribution >= 0.6 is 0 Å². The Morgan fingerprint density at radius 1 is 0.944 bits per heavy atom. The molecule has 0 saturated heterocycles. The predicted octanol–water partition coefficient (Wildman–Crippen LogP) is 3.35. The van der Waals surface area contributed by atoms with Gasteiger partial charge in [-0.25, -0.2) is 18.0 Å². The van der Waals surface area contributed by atoms with E-state index in [0.29, 0.717) is 23.3 Å². The van der Waals surface area contributed by atoms with Gasteiger partial charge in [-0.3, -0.25) is 18.7 Å². The minimum Gasteiger partial charge on any atom is -0.395 e. The van der Waals surface area contributed by atoms with Crippen LogP contribution in [-0.2, 0) is 18.1 Å². The van der Waals surface area contributed by atoms with Crippen LogP contribution in [0.1, 0.15) is 35.6 Å². The van der Waals surface area contributed by atoms with Crippen LogP contribution in [-0.4, -0.2) is 17.9 Å². The molecule has 10 heteroatoms. The third kappa shape index (κ3) is 3.81. The molecule has 1 unspecified atom stereocenters. The van der Waals surface area contributed by atoms with Gasteiger partial charge >= 0.3 is 5.69 Å². The lowest BCUT2D eigenvalue weighted by Gasteiger charge is -2.19. The fraction of sp³-hybridized carbons (Fsp3) is 0.269. The number of nitrogens with zero attached hydrogens (tertiary/aromatic N) is 3. The molecule has 1 fully saturated rings. The van der Waals surface area contributed by atoms with Crippen LogP contribution in [0.5, 0.6) is 5.75 Å². The number of aryl methyl sites for hydroxylation is 3. The lowest BCUT2D eigenvalue weighted by Crippen LogP contribution is -2.42. The first-order valence-corrected chi connectivity index (χ1v) is 12.5. The maximum atomic E-state index is 15.2. The van der Waals surface area contributed by atoms with Crippen LogP contribution in [0.15, 0.2) is 61.7 Å². The average molecular weight is 510 g/mol. The average Bonchev–Trinajstić information content (AvgIpc) is 3.67. The Bertz CT molecular complexity index is 1750. The van der Waals surface area contributed by atoms with E-state index in [4.69, 9.17) is 4.18 Å². The topological polar surface area (TPSA) is 92.3 Å². The second kappa shape index (κ2) is 8.70. The predicted molar refractivity (Wildman–Crippen MR) is 135 cm³/mol. The van der Waals surface area contributed by atoms with Crippen molar-refractivity contribution in [2.75, 3.05) is 0 Å². The van der Waals surface area contributed by atoms with Crippen LogP contribution in [0.2, 0.25) is 0 Å². The van der Waals surface area contributed by atoms with Crippen molar-refractivity contribution in [3.05, 3.63) is 96.2 Å². The minimum absolute atomic E-state index is 0.0551. The summed E-state index contributed by atoms with van der Waals surface area (Å²) in [6.07, 6.45) is 1.24. The Hall–Kier alpha value is -3.79. The summed E-state index contributed by atoms with van der Waals surface area (Å²) in [7, 11) is 1.40. The highest BCUT2D eigenvalue weighted by atomic mass is 32.2. The number of benzene rings is 2. The molecule has 5 rings (SSSR count). The maximum absolute atomic E-state index is 15.2. The minimum atomic E-state index is -2.06. The first-order valence-electron chi connectivity index (χ1n) is 11.4. The zero-order chi connectivity index (χ0) is 25.9. The first-order chi connectivity index (χ1) is 17.1. The summed E-state index contributed by atoms with van der Waals surface area (Å²) in [6.45, 7) is 5.06. The molecule has 8 nitrogen and oxygen atoms in total. The van der Waals surface area contributed by atoms with E-state index in [-0.39, 0.29) is 34.1 Å². The molecule has 2 aromatic heterocycles. The largest absolute Gasteiger partial charge is 0.395 e. The highest BCUT2D eigenvalue weighted by Gasteiger charge is 2.32. The molecule has 186 valence electrons. The Labute approximate surface area is 207 Å². The van der Waals surface area contributed by atoms with E-state index in [1.165, 1.54) is 26.1 Å². The second-order valence-electron chi connectivity index (χ2n) is 9.13. The van der Waals surface area contributed by atoms with Crippen molar-refractivity contribution < 1.29 is 12.8 Å². The van der Waals surface area contributed by atoms with E-state index in [1.807, 2.05) is 6.92 Å². The van der Waals surface area contributed by atoms with E-state index >= 15 is 4.39 Å². The zero-order valence-corrected chi connectivity index (χ0v) is 21.0. The van der Waals surface area contributed by atoms with Crippen molar-refractivity contribution >= 4 is 22.1 Å². The van der Waals surface area contributed by atoms with Crippen LogP contribution < -0.4 is 21.0 Å². The Morgan fingerprint density at radius 3 is 2.19 bits per heavy atom. The van der Waals surface area contributed by atoms with Crippen LogP contribution in [0.3, 0.4) is 0 Å². The molecule has 1 aliphatic carbocycles. The normalized spacial score (nSPS) is 14.2. The van der Waals surface area contributed by atoms with Crippen molar-refractivity contribution in [3.8, 4) is 11.4 Å². The van der Waals surface area contributed by atoms with Crippen molar-refractivity contribution in [2.24, 2.45) is 7.05 Å². The fourth-order valence-electron chi connectivity index (χ4n) is 4.30. The lowest BCUT2D eigenvalue weighted by atomic mass is 10.2. The van der Waals surface area contributed by atoms with E-state index in [0.717, 1.165) is 19.3 Å². The van der Waals surface area contributed by atoms with E-state index in [1.54, 1.807) is 37.3 Å². The van der Waals surface area contributed by atoms with Crippen LogP contribution in [0, 0.1) is 26.6 Å². The van der Waals surface area contributed by atoms with Gasteiger partial charge in [0, 0.05) is 13.1 Å². The molecule has 0 bridgehead atoms. The maximum Gasteiger partial charge on any atom is 0.337 e. The van der Waals surface area contributed by atoms with Gasteiger partial charge in [-0.15, -0.1) is 0 Å². The fourth-order valence-corrected chi connectivity index (χ4v) is 5.12. The van der Waals surface area contributed by atoms with E-state index in [2.05, 4.69) is 0 Å². The van der Waals surface area contributed by atoms with E-state index < -0.39 is 33.7 Å².